The quantitative estimate of drug-likeness (QED) is 0.621. The van der Waals surface area contributed by atoms with Crippen molar-refractivity contribution in [3.63, 3.8) is 0 Å². The highest BCUT2D eigenvalue weighted by Crippen LogP contribution is 2.25. The predicted molar refractivity (Wildman–Crippen MR) is 105 cm³/mol. The average Bonchev–Trinajstić information content (AvgIpc) is 3.16. The minimum Gasteiger partial charge on any atom is -0.497 e. The van der Waals surface area contributed by atoms with Crippen molar-refractivity contribution in [2.45, 2.75) is 31.2 Å². The summed E-state index contributed by atoms with van der Waals surface area (Å²) in [5.74, 6) is 0.723. The summed E-state index contributed by atoms with van der Waals surface area (Å²) in [6, 6.07) is 14.5. The Hall–Kier alpha value is -2.64. The maximum atomic E-state index is 12.6. The van der Waals surface area contributed by atoms with Gasteiger partial charge in [0.05, 0.1) is 23.9 Å². The van der Waals surface area contributed by atoms with Crippen LogP contribution in [0.4, 0.5) is 0 Å². The molecule has 0 atom stereocenters. The van der Waals surface area contributed by atoms with Gasteiger partial charge in [-0.1, -0.05) is 37.6 Å². The second-order valence-electron chi connectivity index (χ2n) is 6.22. The third-order valence-corrected chi connectivity index (χ3v) is 5.72. The molecule has 0 unspecified atom stereocenters. The molecule has 0 fully saturated rings. The number of hydrogen-bond acceptors (Lipinski definition) is 4. The molecule has 142 valence electrons. The number of H-pyrrole nitrogens is 1. The van der Waals surface area contributed by atoms with E-state index in [9.17, 15) is 8.42 Å². The largest absolute Gasteiger partial charge is 0.497 e. The fraction of sp³-hybridized carbons (Fsp3) is 0.250. The second kappa shape index (κ2) is 8.37. The number of nitrogens with one attached hydrogen (secondary N) is 2. The first-order chi connectivity index (χ1) is 13.0. The van der Waals surface area contributed by atoms with E-state index in [4.69, 9.17) is 4.74 Å². The molecule has 2 N–H and O–H groups in total. The maximum absolute atomic E-state index is 12.6. The number of hydrogen-bond donors (Lipinski definition) is 2. The van der Waals surface area contributed by atoms with E-state index < -0.39 is 10.0 Å². The fourth-order valence-electron chi connectivity index (χ4n) is 2.85. The van der Waals surface area contributed by atoms with Crippen molar-refractivity contribution in [2.75, 3.05) is 7.11 Å². The first-order valence-electron chi connectivity index (χ1n) is 8.78. The molecular weight excluding hydrogens is 362 g/mol. The van der Waals surface area contributed by atoms with Gasteiger partial charge < -0.3 is 4.74 Å². The van der Waals surface area contributed by atoms with Crippen LogP contribution in [0, 0.1) is 0 Å². The summed E-state index contributed by atoms with van der Waals surface area (Å²) in [5, 5.41) is 6.99. The lowest BCUT2D eigenvalue weighted by Gasteiger charge is -2.09. The van der Waals surface area contributed by atoms with E-state index in [1.807, 2.05) is 36.4 Å². The van der Waals surface area contributed by atoms with Gasteiger partial charge in [0.25, 0.3) is 0 Å². The third-order valence-electron chi connectivity index (χ3n) is 4.30. The normalized spacial score (nSPS) is 11.5. The van der Waals surface area contributed by atoms with E-state index in [1.54, 1.807) is 25.4 Å². The molecule has 0 saturated carbocycles. The Kier molecular flexibility index (Phi) is 5.93. The second-order valence-corrected chi connectivity index (χ2v) is 7.99. The van der Waals surface area contributed by atoms with Crippen molar-refractivity contribution in [1.82, 2.24) is 14.9 Å². The van der Waals surface area contributed by atoms with Crippen molar-refractivity contribution in [3.8, 4) is 17.0 Å². The fourth-order valence-corrected chi connectivity index (χ4v) is 3.86. The molecule has 0 bridgehead atoms. The number of methoxy groups -OCH3 is 1. The maximum Gasteiger partial charge on any atom is 0.240 e. The Morgan fingerprint density at radius 1 is 1.15 bits per heavy atom. The highest BCUT2D eigenvalue weighted by atomic mass is 32.2. The van der Waals surface area contributed by atoms with Gasteiger partial charge in [-0.25, -0.2) is 13.1 Å². The van der Waals surface area contributed by atoms with Crippen LogP contribution in [0.2, 0.25) is 0 Å². The van der Waals surface area contributed by atoms with Crippen molar-refractivity contribution in [1.29, 1.82) is 0 Å². The van der Waals surface area contributed by atoms with Crippen LogP contribution >= 0.6 is 0 Å². The number of aromatic nitrogens is 2. The van der Waals surface area contributed by atoms with Crippen LogP contribution in [0.25, 0.3) is 11.3 Å². The number of aromatic amines is 1. The molecule has 3 rings (SSSR count). The van der Waals surface area contributed by atoms with Gasteiger partial charge in [-0.2, -0.15) is 5.10 Å². The summed E-state index contributed by atoms with van der Waals surface area (Å²) in [7, 11) is -1.99. The summed E-state index contributed by atoms with van der Waals surface area (Å²) in [4.78, 5) is 0.258. The van der Waals surface area contributed by atoms with Crippen molar-refractivity contribution in [3.05, 3.63) is 65.9 Å². The first kappa shape index (κ1) is 19.1. The van der Waals surface area contributed by atoms with Gasteiger partial charge in [-0.3, -0.25) is 5.10 Å². The standard InChI is InChI=1S/C20H23N3O3S/c1-3-5-15-8-10-19(11-9-15)27(24,25)22-14-17-13-21-23-20(17)16-6-4-7-18(12-16)26-2/h4,6-13,22H,3,5,14H2,1-2H3,(H,21,23). The first-order valence-corrected chi connectivity index (χ1v) is 10.3. The number of rotatable bonds is 8. The lowest BCUT2D eigenvalue weighted by molar-refractivity contribution is 0.415. The van der Waals surface area contributed by atoms with Crippen LogP contribution < -0.4 is 9.46 Å². The summed E-state index contributed by atoms with van der Waals surface area (Å²) in [6.07, 6.45) is 3.59. The summed E-state index contributed by atoms with van der Waals surface area (Å²) in [5.41, 5.74) is 3.53. The summed E-state index contributed by atoms with van der Waals surface area (Å²) in [6.45, 7) is 2.24. The molecule has 0 radical (unpaired) electrons. The van der Waals surface area contributed by atoms with E-state index in [2.05, 4.69) is 21.8 Å². The minimum atomic E-state index is -3.60. The Labute approximate surface area is 159 Å². The molecular formula is C20H23N3O3S. The zero-order chi connectivity index (χ0) is 19.3. The molecule has 1 aromatic heterocycles. The van der Waals surface area contributed by atoms with E-state index in [-0.39, 0.29) is 11.4 Å². The molecule has 3 aromatic rings. The monoisotopic (exact) mass is 385 g/mol. The van der Waals surface area contributed by atoms with Gasteiger partial charge >= 0.3 is 0 Å². The molecule has 0 aliphatic rings. The van der Waals surface area contributed by atoms with Gasteiger partial charge in [-0.05, 0) is 36.2 Å². The number of nitrogens with zero attached hydrogens (tertiary/aromatic N) is 1. The minimum absolute atomic E-state index is 0.141. The predicted octanol–water partition coefficient (Wildman–Crippen LogP) is 3.52. The summed E-state index contributed by atoms with van der Waals surface area (Å²) >= 11 is 0. The molecule has 0 aliphatic carbocycles. The molecule has 0 spiro atoms. The zero-order valence-corrected chi connectivity index (χ0v) is 16.2. The van der Waals surface area contributed by atoms with Gasteiger partial charge in [0, 0.05) is 17.7 Å². The van der Waals surface area contributed by atoms with Gasteiger partial charge in [0.2, 0.25) is 10.0 Å². The van der Waals surface area contributed by atoms with E-state index >= 15 is 0 Å². The Bertz CT molecular complexity index is 995. The Morgan fingerprint density at radius 3 is 2.63 bits per heavy atom. The van der Waals surface area contributed by atoms with Crippen molar-refractivity contribution < 1.29 is 13.2 Å². The summed E-state index contributed by atoms with van der Waals surface area (Å²) < 4.78 is 33.1. The highest BCUT2D eigenvalue weighted by molar-refractivity contribution is 7.89. The zero-order valence-electron chi connectivity index (χ0n) is 15.4. The number of ether oxygens (including phenoxy) is 1. The van der Waals surface area contributed by atoms with Crippen molar-refractivity contribution in [2.24, 2.45) is 0 Å². The third kappa shape index (κ3) is 4.56. The topological polar surface area (TPSA) is 84.1 Å². The molecule has 0 amide bonds. The molecule has 1 heterocycles. The smallest absolute Gasteiger partial charge is 0.240 e. The number of benzene rings is 2. The van der Waals surface area contributed by atoms with E-state index in [1.165, 1.54) is 0 Å². The van der Waals surface area contributed by atoms with Gasteiger partial charge in [0.15, 0.2) is 0 Å². The van der Waals surface area contributed by atoms with Crippen LogP contribution in [0.15, 0.2) is 59.6 Å². The molecule has 27 heavy (non-hydrogen) atoms. The lowest BCUT2D eigenvalue weighted by Crippen LogP contribution is -2.23. The number of aryl methyl sites for hydroxylation is 1. The molecule has 7 heteroatoms. The average molecular weight is 385 g/mol. The van der Waals surface area contributed by atoms with Gasteiger partial charge in [-0.15, -0.1) is 0 Å². The van der Waals surface area contributed by atoms with E-state index in [0.29, 0.717) is 0 Å². The van der Waals surface area contributed by atoms with Crippen LogP contribution in [-0.2, 0) is 23.0 Å². The van der Waals surface area contributed by atoms with Gasteiger partial charge in [0.1, 0.15) is 5.75 Å². The molecule has 0 saturated heterocycles. The Balaban J connectivity index is 1.76. The van der Waals surface area contributed by atoms with Crippen molar-refractivity contribution >= 4 is 10.0 Å². The van der Waals surface area contributed by atoms with Crippen LogP contribution in [0.5, 0.6) is 5.75 Å². The Morgan fingerprint density at radius 2 is 1.93 bits per heavy atom. The van der Waals surface area contributed by atoms with Crippen LogP contribution in [-0.4, -0.2) is 25.7 Å². The van der Waals surface area contributed by atoms with Crippen LogP contribution in [0.1, 0.15) is 24.5 Å². The highest BCUT2D eigenvalue weighted by Gasteiger charge is 2.16. The van der Waals surface area contributed by atoms with E-state index in [0.717, 1.165) is 41.0 Å². The lowest BCUT2D eigenvalue weighted by atomic mass is 10.1. The molecule has 0 aliphatic heterocycles. The molecule has 2 aromatic carbocycles. The van der Waals surface area contributed by atoms with Crippen LogP contribution in [0.3, 0.4) is 0 Å². The molecule has 6 nitrogen and oxygen atoms in total. The SMILES string of the molecule is CCCc1ccc(S(=O)(=O)NCc2cn[nH]c2-c2cccc(OC)c2)cc1. The number of sulfonamides is 1.